The van der Waals surface area contributed by atoms with Crippen LogP contribution < -0.4 is 14.4 Å². The summed E-state index contributed by atoms with van der Waals surface area (Å²) in [6.45, 7) is 0.298. The summed E-state index contributed by atoms with van der Waals surface area (Å²) in [6.07, 6.45) is 0.599. The number of sulfonamides is 1. The van der Waals surface area contributed by atoms with Crippen molar-refractivity contribution < 1.29 is 22.3 Å². The van der Waals surface area contributed by atoms with E-state index in [2.05, 4.69) is 5.32 Å². The highest BCUT2D eigenvalue weighted by Gasteiger charge is 2.31. The Balaban J connectivity index is 1.63. The van der Waals surface area contributed by atoms with E-state index in [0.29, 0.717) is 30.1 Å². The normalized spacial score (nSPS) is 13.1. The molecule has 4 rings (SSSR count). The van der Waals surface area contributed by atoms with Crippen LogP contribution in [0.15, 0.2) is 71.6 Å². The van der Waals surface area contributed by atoms with Crippen LogP contribution in [0, 0.1) is 5.82 Å². The van der Waals surface area contributed by atoms with Gasteiger partial charge in [-0.1, -0.05) is 18.2 Å². The van der Waals surface area contributed by atoms with Gasteiger partial charge < -0.3 is 10.1 Å². The largest absolute Gasteiger partial charge is 0.497 e. The summed E-state index contributed by atoms with van der Waals surface area (Å²) in [6, 6.07) is 17.0. The molecule has 0 bridgehead atoms. The average molecular weight is 426 g/mol. The van der Waals surface area contributed by atoms with Crippen LogP contribution in [0.3, 0.4) is 0 Å². The Morgan fingerprint density at radius 1 is 1.07 bits per heavy atom. The molecule has 0 spiro atoms. The zero-order chi connectivity index (χ0) is 21.3. The highest BCUT2D eigenvalue weighted by Crippen LogP contribution is 2.33. The second kappa shape index (κ2) is 7.79. The lowest BCUT2D eigenvalue weighted by atomic mass is 10.2. The van der Waals surface area contributed by atoms with E-state index in [-0.39, 0.29) is 10.5 Å². The molecule has 0 saturated carbocycles. The highest BCUT2D eigenvalue weighted by molar-refractivity contribution is 7.92. The van der Waals surface area contributed by atoms with Gasteiger partial charge in [-0.05, 0) is 60.5 Å². The van der Waals surface area contributed by atoms with Gasteiger partial charge in [-0.15, -0.1) is 0 Å². The number of carbonyl (C=O) groups excluding carboxylic acids is 1. The molecule has 3 aromatic carbocycles. The molecule has 1 aliphatic rings. The minimum atomic E-state index is -3.94. The predicted octanol–water partition coefficient (Wildman–Crippen LogP) is 3.84. The summed E-state index contributed by atoms with van der Waals surface area (Å²) >= 11 is 0. The van der Waals surface area contributed by atoms with E-state index >= 15 is 0 Å². The maximum atomic E-state index is 14.4. The molecule has 1 heterocycles. The quantitative estimate of drug-likeness (QED) is 0.673. The van der Waals surface area contributed by atoms with Gasteiger partial charge in [0.25, 0.3) is 15.9 Å². The zero-order valence-electron chi connectivity index (χ0n) is 16.1. The van der Waals surface area contributed by atoms with Gasteiger partial charge in [0.15, 0.2) is 0 Å². The Kier molecular flexibility index (Phi) is 5.17. The summed E-state index contributed by atoms with van der Waals surface area (Å²) in [7, 11) is -2.42. The lowest BCUT2D eigenvalue weighted by molar-refractivity contribution is 0.102. The third-order valence-electron chi connectivity index (χ3n) is 4.96. The molecule has 0 saturated heterocycles. The van der Waals surface area contributed by atoms with E-state index in [1.165, 1.54) is 17.5 Å². The summed E-state index contributed by atoms with van der Waals surface area (Å²) in [4.78, 5) is 12.5. The standard InChI is InChI=1S/C22H19FN2O4S/c1-29-17-8-6-16(7-9-17)24-22(26)19-14-18(10-11-20(19)23)30(27,28)25-13-12-15-4-2-3-5-21(15)25/h2-11,14H,12-13H2,1H3,(H,24,26). The predicted molar refractivity (Wildman–Crippen MR) is 112 cm³/mol. The molecule has 8 heteroatoms. The van der Waals surface area contributed by atoms with Gasteiger partial charge in [0.1, 0.15) is 11.6 Å². The third-order valence-corrected chi connectivity index (χ3v) is 6.77. The van der Waals surface area contributed by atoms with Gasteiger partial charge in [-0.25, -0.2) is 12.8 Å². The SMILES string of the molecule is COc1ccc(NC(=O)c2cc(S(=O)(=O)N3CCc4ccccc43)ccc2F)cc1. The summed E-state index contributed by atoms with van der Waals surface area (Å²) in [5.41, 5.74) is 1.62. The minimum Gasteiger partial charge on any atom is -0.497 e. The van der Waals surface area contributed by atoms with Crippen molar-refractivity contribution in [3.05, 3.63) is 83.7 Å². The number of fused-ring (bicyclic) bond motifs is 1. The Hall–Kier alpha value is -3.39. The van der Waals surface area contributed by atoms with Gasteiger partial charge in [-0.2, -0.15) is 0 Å². The van der Waals surface area contributed by atoms with Gasteiger partial charge in [-0.3, -0.25) is 9.10 Å². The molecule has 0 fully saturated rings. The van der Waals surface area contributed by atoms with Crippen molar-refractivity contribution in [2.24, 2.45) is 0 Å². The maximum Gasteiger partial charge on any atom is 0.264 e. The Morgan fingerprint density at radius 2 is 1.80 bits per heavy atom. The number of hydrogen-bond donors (Lipinski definition) is 1. The van der Waals surface area contributed by atoms with E-state index < -0.39 is 21.7 Å². The molecule has 1 N–H and O–H groups in total. The van der Waals surface area contributed by atoms with Crippen LogP contribution in [0.4, 0.5) is 15.8 Å². The Bertz CT molecular complexity index is 1210. The van der Waals surface area contributed by atoms with Gasteiger partial charge >= 0.3 is 0 Å². The van der Waals surface area contributed by atoms with E-state index in [4.69, 9.17) is 4.74 Å². The van der Waals surface area contributed by atoms with Gasteiger partial charge in [0.05, 0.1) is 23.3 Å². The number of ether oxygens (including phenoxy) is 1. The van der Waals surface area contributed by atoms with E-state index in [1.807, 2.05) is 12.1 Å². The van der Waals surface area contributed by atoms with Gasteiger partial charge in [0.2, 0.25) is 0 Å². The van der Waals surface area contributed by atoms with Crippen molar-refractivity contribution in [3.8, 4) is 5.75 Å². The molecule has 0 aromatic heterocycles. The molecule has 30 heavy (non-hydrogen) atoms. The molecular weight excluding hydrogens is 407 g/mol. The van der Waals surface area contributed by atoms with Gasteiger partial charge in [0, 0.05) is 12.2 Å². The van der Waals surface area contributed by atoms with E-state index in [9.17, 15) is 17.6 Å². The first-order valence-corrected chi connectivity index (χ1v) is 10.7. The van der Waals surface area contributed by atoms with Crippen LogP contribution in [-0.4, -0.2) is 28.0 Å². The Morgan fingerprint density at radius 3 is 2.53 bits per heavy atom. The van der Waals surface area contributed by atoms with Crippen LogP contribution >= 0.6 is 0 Å². The lowest BCUT2D eigenvalue weighted by Gasteiger charge is -2.20. The topological polar surface area (TPSA) is 75.7 Å². The first-order chi connectivity index (χ1) is 14.4. The van der Waals surface area contributed by atoms with Crippen molar-refractivity contribution in [3.63, 3.8) is 0 Å². The second-order valence-electron chi connectivity index (χ2n) is 6.78. The average Bonchev–Trinajstić information content (AvgIpc) is 3.19. The first kappa shape index (κ1) is 19.9. The minimum absolute atomic E-state index is 0.138. The Labute approximate surface area is 174 Å². The summed E-state index contributed by atoms with van der Waals surface area (Å²) in [5, 5.41) is 2.57. The van der Waals surface area contributed by atoms with E-state index in [0.717, 1.165) is 17.7 Å². The van der Waals surface area contributed by atoms with Crippen molar-refractivity contribution in [2.45, 2.75) is 11.3 Å². The highest BCUT2D eigenvalue weighted by atomic mass is 32.2. The third kappa shape index (κ3) is 3.61. The number of nitrogens with one attached hydrogen (secondary N) is 1. The molecular formula is C22H19FN2O4S. The molecule has 1 aliphatic heterocycles. The number of hydrogen-bond acceptors (Lipinski definition) is 4. The maximum absolute atomic E-state index is 14.4. The summed E-state index contributed by atoms with van der Waals surface area (Å²) in [5.74, 6) is -0.934. The zero-order valence-corrected chi connectivity index (χ0v) is 16.9. The molecule has 154 valence electrons. The number of carbonyl (C=O) groups is 1. The molecule has 0 aliphatic carbocycles. The molecule has 0 radical (unpaired) electrons. The van der Waals surface area contributed by atoms with Crippen LogP contribution in [0.1, 0.15) is 15.9 Å². The van der Waals surface area contributed by atoms with Crippen LogP contribution in [-0.2, 0) is 16.4 Å². The summed E-state index contributed by atoms with van der Waals surface area (Å²) < 4.78 is 47.0. The van der Waals surface area contributed by atoms with Crippen LogP contribution in [0.25, 0.3) is 0 Å². The number of anilines is 2. The fourth-order valence-corrected chi connectivity index (χ4v) is 4.93. The molecule has 0 atom stereocenters. The number of methoxy groups -OCH3 is 1. The smallest absolute Gasteiger partial charge is 0.264 e. The number of halogens is 1. The molecule has 1 amide bonds. The fourth-order valence-electron chi connectivity index (χ4n) is 3.40. The van der Waals surface area contributed by atoms with Crippen LogP contribution in [0.2, 0.25) is 0 Å². The molecule has 3 aromatic rings. The number of benzene rings is 3. The van der Waals surface area contributed by atoms with Crippen LogP contribution in [0.5, 0.6) is 5.75 Å². The van der Waals surface area contributed by atoms with E-state index in [1.54, 1.807) is 36.4 Å². The second-order valence-corrected chi connectivity index (χ2v) is 8.64. The number of para-hydroxylation sites is 1. The monoisotopic (exact) mass is 426 g/mol. The number of rotatable bonds is 5. The van der Waals surface area contributed by atoms with Crippen molar-refractivity contribution in [1.29, 1.82) is 0 Å². The molecule has 6 nitrogen and oxygen atoms in total. The number of amides is 1. The van der Waals surface area contributed by atoms with Crippen molar-refractivity contribution in [1.82, 2.24) is 0 Å². The lowest BCUT2D eigenvalue weighted by Crippen LogP contribution is -2.29. The molecule has 0 unspecified atom stereocenters. The van der Waals surface area contributed by atoms with Crippen molar-refractivity contribution >= 4 is 27.3 Å². The van der Waals surface area contributed by atoms with Crippen molar-refractivity contribution in [2.75, 3.05) is 23.3 Å². The first-order valence-electron chi connectivity index (χ1n) is 9.26. The fraction of sp³-hybridized carbons (Fsp3) is 0.136. The number of nitrogens with zero attached hydrogens (tertiary/aromatic N) is 1.